The first-order valence-electron chi connectivity index (χ1n) is 9.31. The molecule has 2 N–H and O–H groups in total. The number of rotatable bonds is 8. The Bertz CT molecular complexity index is 778. The minimum Gasteiger partial charge on any atom is -0.497 e. The number of hydrogen-bond donors (Lipinski definition) is 2. The van der Waals surface area contributed by atoms with Crippen LogP contribution < -0.4 is 15.4 Å². The summed E-state index contributed by atoms with van der Waals surface area (Å²) in [4.78, 5) is 4.62. The average Bonchev–Trinajstić information content (AvgIpc) is 2.72. The molecule has 0 aromatic heterocycles. The van der Waals surface area contributed by atoms with E-state index in [9.17, 15) is 0 Å². The molecule has 0 fully saturated rings. The van der Waals surface area contributed by atoms with Gasteiger partial charge in [0.1, 0.15) is 5.75 Å². The van der Waals surface area contributed by atoms with Gasteiger partial charge in [0.2, 0.25) is 0 Å². The Morgan fingerprint density at radius 1 is 1.19 bits per heavy atom. The van der Waals surface area contributed by atoms with Gasteiger partial charge in [-0.2, -0.15) is 5.26 Å². The Balaban J connectivity index is 1.88. The maximum Gasteiger partial charge on any atom is 0.191 e. The Morgan fingerprint density at radius 2 is 1.96 bits per heavy atom. The predicted octanol–water partition coefficient (Wildman–Crippen LogP) is 3.82. The Hall–Kier alpha value is -3.00. The van der Waals surface area contributed by atoms with Crippen LogP contribution >= 0.6 is 0 Å². The summed E-state index contributed by atoms with van der Waals surface area (Å²) in [5.74, 6) is 2.12. The molecule has 0 bridgehead atoms. The summed E-state index contributed by atoms with van der Waals surface area (Å²) in [7, 11) is 1.68. The Kier molecular flexibility index (Phi) is 8.18. The molecule has 1 atom stereocenters. The lowest BCUT2D eigenvalue weighted by atomic mass is 9.98. The summed E-state index contributed by atoms with van der Waals surface area (Å²) in [6, 6.07) is 17.9. The molecule has 0 spiro atoms. The summed E-state index contributed by atoms with van der Waals surface area (Å²) in [5.41, 5.74) is 2.99. The topological polar surface area (TPSA) is 69.4 Å². The molecule has 0 heterocycles. The largest absolute Gasteiger partial charge is 0.497 e. The van der Waals surface area contributed by atoms with E-state index in [1.54, 1.807) is 13.2 Å². The molecule has 0 aliphatic rings. The fourth-order valence-electron chi connectivity index (χ4n) is 2.76. The lowest BCUT2D eigenvalue weighted by molar-refractivity contribution is 0.414. The summed E-state index contributed by atoms with van der Waals surface area (Å²) in [6.45, 7) is 6.45. The van der Waals surface area contributed by atoms with E-state index in [-0.39, 0.29) is 0 Å². The van der Waals surface area contributed by atoms with Crippen molar-refractivity contribution in [2.45, 2.75) is 32.7 Å². The quantitative estimate of drug-likeness (QED) is 0.552. The molecule has 0 saturated carbocycles. The molecular weight excluding hydrogens is 336 g/mol. The van der Waals surface area contributed by atoms with Crippen LogP contribution in [0, 0.1) is 11.3 Å². The highest BCUT2D eigenvalue weighted by Crippen LogP contribution is 2.21. The van der Waals surface area contributed by atoms with Crippen molar-refractivity contribution in [1.29, 1.82) is 5.26 Å². The number of nitrogens with zero attached hydrogens (tertiary/aromatic N) is 2. The molecule has 0 aliphatic heterocycles. The van der Waals surface area contributed by atoms with Crippen LogP contribution in [0.5, 0.6) is 5.75 Å². The van der Waals surface area contributed by atoms with Crippen LogP contribution in [0.25, 0.3) is 0 Å². The van der Waals surface area contributed by atoms with Gasteiger partial charge in [-0.15, -0.1) is 0 Å². The van der Waals surface area contributed by atoms with E-state index in [0.717, 1.165) is 36.8 Å². The van der Waals surface area contributed by atoms with Crippen molar-refractivity contribution < 1.29 is 4.74 Å². The molecule has 0 amide bonds. The number of methoxy groups -OCH3 is 1. The first-order chi connectivity index (χ1) is 13.2. The van der Waals surface area contributed by atoms with E-state index in [1.807, 2.05) is 37.3 Å². The van der Waals surface area contributed by atoms with E-state index in [2.05, 4.69) is 40.8 Å². The number of hydrogen-bond acceptors (Lipinski definition) is 3. The van der Waals surface area contributed by atoms with Gasteiger partial charge >= 0.3 is 0 Å². The monoisotopic (exact) mass is 364 g/mol. The Labute approximate surface area is 162 Å². The zero-order valence-corrected chi connectivity index (χ0v) is 16.3. The zero-order valence-electron chi connectivity index (χ0n) is 16.3. The number of ether oxygens (including phenoxy) is 1. The van der Waals surface area contributed by atoms with Gasteiger partial charge in [-0.05, 0) is 54.7 Å². The van der Waals surface area contributed by atoms with Gasteiger partial charge in [0.15, 0.2) is 5.96 Å². The third kappa shape index (κ3) is 6.67. The third-order valence-corrected chi connectivity index (χ3v) is 4.37. The molecule has 2 rings (SSSR count). The van der Waals surface area contributed by atoms with Gasteiger partial charge in [0.05, 0.1) is 25.3 Å². The van der Waals surface area contributed by atoms with Crippen molar-refractivity contribution in [3.8, 4) is 11.8 Å². The van der Waals surface area contributed by atoms with Gasteiger partial charge < -0.3 is 15.4 Å². The van der Waals surface area contributed by atoms with Crippen molar-refractivity contribution in [2.24, 2.45) is 4.99 Å². The second-order valence-corrected chi connectivity index (χ2v) is 6.40. The van der Waals surface area contributed by atoms with Crippen molar-refractivity contribution in [3.05, 3.63) is 65.2 Å². The minimum absolute atomic E-state index is 0.443. The first-order valence-corrected chi connectivity index (χ1v) is 9.31. The minimum atomic E-state index is 0.443. The van der Waals surface area contributed by atoms with Crippen molar-refractivity contribution >= 4 is 5.96 Å². The van der Waals surface area contributed by atoms with Gasteiger partial charge in [-0.25, -0.2) is 4.99 Å². The number of aliphatic imine (C=N–C) groups is 1. The lowest BCUT2D eigenvalue weighted by Crippen LogP contribution is -2.38. The van der Waals surface area contributed by atoms with Crippen molar-refractivity contribution in [1.82, 2.24) is 10.6 Å². The van der Waals surface area contributed by atoms with Crippen LogP contribution in [0.2, 0.25) is 0 Å². The fraction of sp³-hybridized carbons (Fsp3) is 0.364. The van der Waals surface area contributed by atoms with Gasteiger partial charge in [0.25, 0.3) is 0 Å². The number of nitrogens with one attached hydrogen (secondary N) is 2. The Morgan fingerprint density at radius 3 is 2.63 bits per heavy atom. The predicted molar refractivity (Wildman–Crippen MR) is 110 cm³/mol. The molecule has 27 heavy (non-hydrogen) atoms. The highest BCUT2D eigenvalue weighted by molar-refractivity contribution is 5.79. The second-order valence-electron chi connectivity index (χ2n) is 6.40. The molecule has 2 aromatic carbocycles. The average molecular weight is 364 g/mol. The zero-order chi connectivity index (χ0) is 19.5. The number of benzene rings is 2. The highest BCUT2D eigenvalue weighted by Gasteiger charge is 2.06. The highest BCUT2D eigenvalue weighted by atomic mass is 16.5. The van der Waals surface area contributed by atoms with Crippen LogP contribution in [0.4, 0.5) is 0 Å². The summed E-state index contributed by atoms with van der Waals surface area (Å²) >= 11 is 0. The SMILES string of the molecule is CCNC(=NCc1cccc(C#N)c1)NCCC(C)c1ccc(OC)cc1. The third-order valence-electron chi connectivity index (χ3n) is 4.37. The first kappa shape index (κ1) is 20.3. The van der Waals surface area contributed by atoms with E-state index in [1.165, 1.54) is 5.56 Å². The van der Waals surface area contributed by atoms with Crippen LogP contribution in [0.1, 0.15) is 42.9 Å². The van der Waals surface area contributed by atoms with E-state index < -0.39 is 0 Å². The molecule has 5 nitrogen and oxygen atoms in total. The summed E-state index contributed by atoms with van der Waals surface area (Å²) in [6.07, 6.45) is 1.00. The van der Waals surface area contributed by atoms with Crippen LogP contribution in [-0.4, -0.2) is 26.2 Å². The molecule has 0 radical (unpaired) electrons. The van der Waals surface area contributed by atoms with Crippen molar-refractivity contribution in [3.63, 3.8) is 0 Å². The summed E-state index contributed by atoms with van der Waals surface area (Å²) in [5, 5.41) is 15.7. The molecule has 1 unspecified atom stereocenters. The van der Waals surface area contributed by atoms with E-state index in [4.69, 9.17) is 10.00 Å². The van der Waals surface area contributed by atoms with Gasteiger partial charge in [-0.3, -0.25) is 0 Å². The van der Waals surface area contributed by atoms with Gasteiger partial charge in [-0.1, -0.05) is 31.2 Å². The molecular formula is C22H28N4O. The van der Waals surface area contributed by atoms with E-state index >= 15 is 0 Å². The van der Waals surface area contributed by atoms with Crippen LogP contribution in [0.3, 0.4) is 0 Å². The molecule has 0 saturated heterocycles. The lowest BCUT2D eigenvalue weighted by Gasteiger charge is -2.15. The fourth-order valence-corrected chi connectivity index (χ4v) is 2.76. The maximum atomic E-state index is 9.00. The van der Waals surface area contributed by atoms with Crippen LogP contribution in [-0.2, 0) is 6.54 Å². The summed E-state index contributed by atoms with van der Waals surface area (Å²) < 4.78 is 5.21. The smallest absolute Gasteiger partial charge is 0.191 e. The standard InChI is InChI=1S/C22H28N4O/c1-4-24-22(26-16-19-7-5-6-18(14-19)15-23)25-13-12-17(2)20-8-10-21(27-3)11-9-20/h5-11,14,17H,4,12-13,16H2,1-3H3,(H2,24,25,26). The van der Waals surface area contributed by atoms with Gasteiger partial charge in [0, 0.05) is 13.1 Å². The molecule has 2 aromatic rings. The number of guanidine groups is 1. The second kappa shape index (κ2) is 10.9. The number of nitriles is 1. The molecule has 142 valence electrons. The molecule has 0 aliphatic carbocycles. The van der Waals surface area contributed by atoms with E-state index in [0.29, 0.717) is 18.0 Å². The van der Waals surface area contributed by atoms with Crippen molar-refractivity contribution in [2.75, 3.05) is 20.2 Å². The van der Waals surface area contributed by atoms with Crippen LogP contribution in [0.15, 0.2) is 53.5 Å². The molecule has 5 heteroatoms. The maximum absolute atomic E-state index is 9.00. The normalized spacial score (nSPS) is 12.1.